The molecule has 1 aromatic heterocycles. The van der Waals surface area contributed by atoms with E-state index in [0.717, 1.165) is 24.5 Å². The number of halogens is 1. The minimum Gasteiger partial charge on any atom is -0.439 e. The third-order valence-electron chi connectivity index (χ3n) is 4.76. The molecule has 0 N–H and O–H groups in total. The molecule has 4 rings (SSSR count). The number of sulfone groups is 1. The molecule has 0 atom stereocenters. The van der Waals surface area contributed by atoms with Crippen LogP contribution in [0.1, 0.15) is 23.9 Å². The molecular weight excluding hydrogens is 372 g/mol. The monoisotopic (exact) mass is 390 g/mol. The summed E-state index contributed by atoms with van der Waals surface area (Å²) in [6.07, 6.45) is 0.939. The van der Waals surface area contributed by atoms with Crippen molar-refractivity contribution in [2.75, 3.05) is 12.3 Å². The van der Waals surface area contributed by atoms with E-state index in [-0.39, 0.29) is 10.6 Å². The highest BCUT2D eigenvalue weighted by Gasteiger charge is 2.19. The summed E-state index contributed by atoms with van der Waals surface area (Å²) in [5.41, 5.74) is 3.76. The van der Waals surface area contributed by atoms with Gasteiger partial charge in [0.25, 0.3) is 0 Å². The van der Waals surface area contributed by atoms with Crippen molar-refractivity contribution in [3.63, 3.8) is 0 Å². The van der Waals surface area contributed by atoms with Crippen LogP contribution in [-0.4, -0.2) is 30.6 Å². The Morgan fingerprint density at radius 3 is 2.85 bits per heavy atom. The minimum atomic E-state index is -3.25. The summed E-state index contributed by atoms with van der Waals surface area (Å²) < 4.78 is 29.9. The minimum absolute atomic E-state index is 0.0699. The summed E-state index contributed by atoms with van der Waals surface area (Å²) in [4.78, 5) is 7.05. The molecule has 0 bridgehead atoms. The van der Waals surface area contributed by atoms with Crippen LogP contribution < -0.4 is 0 Å². The third kappa shape index (κ3) is 3.37. The van der Waals surface area contributed by atoms with Gasteiger partial charge in [-0.1, -0.05) is 24.6 Å². The summed E-state index contributed by atoms with van der Waals surface area (Å²) in [7, 11) is -3.25. The molecule has 0 amide bonds. The predicted octanol–water partition coefficient (Wildman–Crippen LogP) is 3.83. The van der Waals surface area contributed by atoms with Crippen LogP contribution in [-0.2, 0) is 29.3 Å². The molecule has 0 fully saturated rings. The van der Waals surface area contributed by atoms with Gasteiger partial charge < -0.3 is 4.42 Å². The largest absolute Gasteiger partial charge is 0.439 e. The van der Waals surface area contributed by atoms with Gasteiger partial charge in [-0.25, -0.2) is 13.4 Å². The number of nitrogens with zero attached hydrogens (tertiary/aromatic N) is 2. The molecule has 0 saturated heterocycles. The molecule has 0 radical (unpaired) electrons. The molecular formula is C19H19ClN2O3S. The van der Waals surface area contributed by atoms with Gasteiger partial charge in [-0.2, -0.15) is 0 Å². The molecule has 26 heavy (non-hydrogen) atoms. The van der Waals surface area contributed by atoms with Crippen molar-refractivity contribution in [1.29, 1.82) is 0 Å². The van der Waals surface area contributed by atoms with E-state index < -0.39 is 9.84 Å². The zero-order valence-electron chi connectivity index (χ0n) is 14.4. The Morgan fingerprint density at radius 2 is 2.04 bits per heavy atom. The first-order chi connectivity index (χ1) is 12.4. The van der Waals surface area contributed by atoms with E-state index >= 15 is 0 Å². The lowest BCUT2D eigenvalue weighted by atomic mass is 10.00. The van der Waals surface area contributed by atoms with Crippen molar-refractivity contribution >= 4 is 32.5 Å². The van der Waals surface area contributed by atoms with Gasteiger partial charge in [-0.15, -0.1) is 0 Å². The lowest BCUT2D eigenvalue weighted by Crippen LogP contribution is -2.30. The van der Waals surface area contributed by atoms with Crippen molar-refractivity contribution < 1.29 is 12.8 Å². The topological polar surface area (TPSA) is 63.4 Å². The Hall–Kier alpha value is -1.89. The number of hydrogen-bond donors (Lipinski definition) is 0. The number of oxazole rings is 1. The molecule has 5 nitrogen and oxygen atoms in total. The maximum Gasteiger partial charge on any atom is 0.209 e. The first-order valence-corrected chi connectivity index (χ1v) is 10.6. The van der Waals surface area contributed by atoms with Crippen LogP contribution in [0.25, 0.3) is 11.1 Å². The number of aromatic nitrogens is 1. The Morgan fingerprint density at radius 1 is 1.19 bits per heavy atom. The molecule has 0 saturated carbocycles. The summed E-state index contributed by atoms with van der Waals surface area (Å²) >= 11 is 6.06. The zero-order chi connectivity index (χ0) is 18.3. The predicted molar refractivity (Wildman–Crippen MR) is 101 cm³/mol. The molecule has 2 aromatic carbocycles. The third-order valence-corrected chi connectivity index (χ3v) is 6.73. The first-order valence-electron chi connectivity index (χ1n) is 8.56. The van der Waals surface area contributed by atoms with Crippen molar-refractivity contribution in [3.05, 3.63) is 58.4 Å². The van der Waals surface area contributed by atoms with Gasteiger partial charge in [-0.3, -0.25) is 4.90 Å². The molecule has 0 spiro atoms. The van der Waals surface area contributed by atoms with Crippen molar-refractivity contribution in [1.82, 2.24) is 9.88 Å². The Labute approximate surface area is 157 Å². The molecule has 136 valence electrons. The van der Waals surface area contributed by atoms with E-state index in [0.29, 0.717) is 23.5 Å². The van der Waals surface area contributed by atoms with Gasteiger partial charge in [0, 0.05) is 18.1 Å². The van der Waals surface area contributed by atoms with Crippen LogP contribution in [0.2, 0.25) is 5.02 Å². The van der Waals surface area contributed by atoms with Crippen molar-refractivity contribution in [3.8, 4) is 0 Å². The second-order valence-electron chi connectivity index (χ2n) is 6.51. The fraction of sp³-hybridized carbons (Fsp3) is 0.316. The standard InChI is InChI=1S/C19H19ClN2O3S/c1-2-26(23,24)16-5-6-18-17(10-16)21-19(25-18)12-22-8-7-13-9-15(20)4-3-14(13)11-22/h3-6,9-10H,2,7-8,11-12H2,1H3. The van der Waals surface area contributed by atoms with Crippen LogP contribution in [0, 0.1) is 0 Å². The van der Waals surface area contributed by atoms with Gasteiger partial charge in [0.1, 0.15) is 5.52 Å². The molecule has 1 aliphatic rings. The van der Waals surface area contributed by atoms with Gasteiger partial charge >= 0.3 is 0 Å². The van der Waals surface area contributed by atoms with E-state index in [1.807, 2.05) is 12.1 Å². The molecule has 7 heteroatoms. The maximum absolute atomic E-state index is 12.0. The number of benzene rings is 2. The van der Waals surface area contributed by atoms with Crippen LogP contribution in [0.15, 0.2) is 45.7 Å². The van der Waals surface area contributed by atoms with Crippen LogP contribution in [0.3, 0.4) is 0 Å². The molecule has 1 aliphatic heterocycles. The van der Waals surface area contributed by atoms with Crippen LogP contribution in [0.4, 0.5) is 0 Å². The fourth-order valence-electron chi connectivity index (χ4n) is 3.29. The van der Waals surface area contributed by atoms with Gasteiger partial charge in [0.05, 0.1) is 17.2 Å². The lowest BCUT2D eigenvalue weighted by molar-refractivity contribution is 0.223. The summed E-state index contributed by atoms with van der Waals surface area (Å²) in [5.74, 6) is 0.670. The Bertz CT molecular complexity index is 1080. The molecule has 0 unspecified atom stereocenters. The molecule has 0 aliphatic carbocycles. The maximum atomic E-state index is 12.0. The van der Waals surface area contributed by atoms with Gasteiger partial charge in [0.15, 0.2) is 15.4 Å². The first kappa shape index (κ1) is 17.5. The Kier molecular flexibility index (Phi) is 4.50. The van der Waals surface area contributed by atoms with Crippen LogP contribution in [0.5, 0.6) is 0 Å². The quantitative estimate of drug-likeness (QED) is 0.677. The summed E-state index contributed by atoms with van der Waals surface area (Å²) in [6, 6.07) is 10.9. The second kappa shape index (κ2) is 6.68. The summed E-state index contributed by atoms with van der Waals surface area (Å²) in [5, 5.41) is 0.772. The highest BCUT2D eigenvalue weighted by Crippen LogP contribution is 2.25. The van der Waals surface area contributed by atoms with Crippen molar-refractivity contribution in [2.45, 2.75) is 31.3 Å². The van der Waals surface area contributed by atoms with E-state index in [1.54, 1.807) is 25.1 Å². The van der Waals surface area contributed by atoms with Gasteiger partial charge in [-0.05, 0) is 47.9 Å². The van der Waals surface area contributed by atoms with E-state index in [2.05, 4.69) is 16.0 Å². The highest BCUT2D eigenvalue weighted by atomic mass is 35.5. The van der Waals surface area contributed by atoms with Crippen LogP contribution >= 0.6 is 11.6 Å². The Balaban J connectivity index is 1.55. The highest BCUT2D eigenvalue weighted by molar-refractivity contribution is 7.91. The van der Waals surface area contributed by atoms with E-state index in [4.69, 9.17) is 16.0 Å². The molecule has 2 heterocycles. The van der Waals surface area contributed by atoms with E-state index in [9.17, 15) is 8.42 Å². The zero-order valence-corrected chi connectivity index (χ0v) is 16.0. The number of hydrogen-bond acceptors (Lipinski definition) is 5. The second-order valence-corrected chi connectivity index (χ2v) is 9.23. The smallest absolute Gasteiger partial charge is 0.209 e. The lowest BCUT2D eigenvalue weighted by Gasteiger charge is -2.27. The van der Waals surface area contributed by atoms with Gasteiger partial charge in [0.2, 0.25) is 5.89 Å². The SMILES string of the molecule is CCS(=O)(=O)c1ccc2oc(CN3CCc4cc(Cl)ccc4C3)nc2c1. The average Bonchev–Trinajstić information content (AvgIpc) is 3.03. The van der Waals surface area contributed by atoms with Crippen molar-refractivity contribution in [2.24, 2.45) is 0 Å². The summed E-state index contributed by atoms with van der Waals surface area (Å²) in [6.45, 7) is 3.95. The number of rotatable bonds is 4. The van der Waals surface area contributed by atoms with E-state index in [1.165, 1.54) is 11.1 Å². The average molecular weight is 391 g/mol. The number of fused-ring (bicyclic) bond motifs is 2. The molecule has 3 aromatic rings. The fourth-order valence-corrected chi connectivity index (χ4v) is 4.38. The normalized spacial score (nSPS) is 15.3.